The predicted octanol–water partition coefficient (Wildman–Crippen LogP) is 15.5. The maximum atomic E-state index is 4.85. The number of nitrogens with zero attached hydrogens (tertiary/aromatic N) is 2. The third-order valence-corrected chi connectivity index (χ3v) is 14.6. The Morgan fingerprint density at radius 2 is 1.15 bits per heavy atom. The van der Waals surface area contributed by atoms with Gasteiger partial charge in [0.1, 0.15) is 0 Å². The lowest BCUT2D eigenvalue weighted by atomic mass is 9.76. The van der Waals surface area contributed by atoms with Crippen LogP contribution in [-0.4, -0.2) is 9.97 Å². The first kappa shape index (κ1) is 34.4. The third kappa shape index (κ3) is 5.24. The van der Waals surface area contributed by atoms with Crippen molar-refractivity contribution in [3.8, 4) is 55.6 Å². The molecule has 2 aliphatic rings. The van der Waals surface area contributed by atoms with Crippen molar-refractivity contribution in [2.75, 3.05) is 0 Å². The molecule has 2 aromatic heterocycles. The van der Waals surface area contributed by atoms with E-state index in [4.69, 9.17) is 9.97 Å². The molecule has 2 aliphatic carbocycles. The highest BCUT2D eigenvalue weighted by Crippen LogP contribution is 2.53. The van der Waals surface area contributed by atoms with E-state index in [-0.39, 0.29) is 5.41 Å². The molecule has 12 rings (SSSR count). The van der Waals surface area contributed by atoms with Gasteiger partial charge in [-0.3, -0.25) is 9.97 Å². The van der Waals surface area contributed by atoms with Crippen LogP contribution in [0, 0.1) is 0 Å². The molecule has 1 atom stereocenters. The van der Waals surface area contributed by atoms with Crippen molar-refractivity contribution in [1.29, 1.82) is 0 Å². The van der Waals surface area contributed by atoms with Crippen molar-refractivity contribution < 1.29 is 0 Å². The van der Waals surface area contributed by atoms with Crippen LogP contribution >= 0.6 is 11.3 Å². The molecule has 8 aromatic carbocycles. The van der Waals surface area contributed by atoms with Gasteiger partial charge in [-0.1, -0.05) is 141 Å². The summed E-state index contributed by atoms with van der Waals surface area (Å²) in [7, 11) is 0. The zero-order valence-corrected chi connectivity index (χ0v) is 33.9. The first-order chi connectivity index (χ1) is 29.1. The van der Waals surface area contributed by atoms with Crippen LogP contribution in [0.15, 0.2) is 164 Å². The molecule has 0 radical (unpaired) electrons. The Morgan fingerprint density at radius 3 is 1.93 bits per heavy atom. The molecule has 0 fully saturated rings. The molecule has 0 saturated carbocycles. The number of aromatic nitrogens is 2. The standard InChI is InChI=1S/C56H40N2S/c1-3-56(2)50-32-39(34-18-20-35(21-19-34)41-15-9-16-48-46-13-6-7-17-52(46)59-55(41)48)23-26-44(50)45-27-24-40(33-51(45)56)37-11-8-10-36(30-37)38-22-25-43-42-12-4-5-14-47(42)53-54(49(43)31-38)58-29-28-57-53/h5-11,13-33H,3-4,12H2,1-2H3. The molecule has 2 nitrogen and oxygen atoms in total. The highest BCUT2D eigenvalue weighted by atomic mass is 32.1. The van der Waals surface area contributed by atoms with Crippen LogP contribution in [0.2, 0.25) is 0 Å². The molecule has 0 aliphatic heterocycles. The summed E-state index contributed by atoms with van der Waals surface area (Å²) >= 11 is 1.89. The van der Waals surface area contributed by atoms with Gasteiger partial charge in [0.15, 0.2) is 0 Å². The highest BCUT2D eigenvalue weighted by Gasteiger charge is 2.38. The summed E-state index contributed by atoms with van der Waals surface area (Å²) in [6.45, 7) is 4.77. The summed E-state index contributed by atoms with van der Waals surface area (Å²) in [5, 5.41) is 5.14. The van der Waals surface area contributed by atoms with Crippen LogP contribution in [0.4, 0.5) is 0 Å². The Kier molecular flexibility index (Phi) is 7.67. The molecule has 1 unspecified atom stereocenters. The maximum absolute atomic E-state index is 4.85. The number of aryl methyl sites for hydroxylation is 1. The number of thiophene rings is 1. The molecule has 0 amide bonds. The number of rotatable bonds is 5. The summed E-state index contributed by atoms with van der Waals surface area (Å²) in [5.74, 6) is 0. The van der Waals surface area contributed by atoms with Crippen molar-refractivity contribution in [3.63, 3.8) is 0 Å². The van der Waals surface area contributed by atoms with E-state index in [1.165, 1.54) is 109 Å². The van der Waals surface area contributed by atoms with Crippen molar-refractivity contribution in [2.24, 2.45) is 0 Å². The Balaban J connectivity index is 0.879. The Bertz CT molecular complexity index is 3390. The lowest BCUT2D eigenvalue weighted by molar-refractivity contribution is 0.565. The fourth-order valence-electron chi connectivity index (χ4n) is 10.1. The van der Waals surface area contributed by atoms with Crippen LogP contribution in [0.3, 0.4) is 0 Å². The van der Waals surface area contributed by atoms with Gasteiger partial charge >= 0.3 is 0 Å². The normalized spacial score (nSPS) is 15.6. The minimum Gasteiger partial charge on any atom is -0.252 e. The average Bonchev–Trinajstić information content (AvgIpc) is 3.81. The third-order valence-electron chi connectivity index (χ3n) is 13.4. The number of fused-ring (bicyclic) bond motifs is 12. The van der Waals surface area contributed by atoms with Crippen LogP contribution < -0.4 is 0 Å². The largest absolute Gasteiger partial charge is 0.252 e. The van der Waals surface area contributed by atoms with Crippen molar-refractivity contribution in [1.82, 2.24) is 9.97 Å². The molecule has 0 bridgehead atoms. The maximum Gasteiger partial charge on any atom is 0.0971 e. The molecule has 59 heavy (non-hydrogen) atoms. The van der Waals surface area contributed by atoms with Gasteiger partial charge in [-0.2, -0.15) is 0 Å². The fourth-order valence-corrected chi connectivity index (χ4v) is 11.4. The molecule has 280 valence electrons. The van der Waals surface area contributed by atoms with Crippen LogP contribution in [0.5, 0.6) is 0 Å². The topological polar surface area (TPSA) is 25.8 Å². The van der Waals surface area contributed by atoms with Gasteiger partial charge in [-0.05, 0) is 127 Å². The summed E-state index contributed by atoms with van der Waals surface area (Å²) in [6, 6.07) is 54.9. The van der Waals surface area contributed by atoms with Gasteiger partial charge in [0, 0.05) is 48.9 Å². The molecular formula is C56H40N2S. The first-order valence-corrected chi connectivity index (χ1v) is 21.6. The molecule has 0 spiro atoms. The van der Waals surface area contributed by atoms with E-state index in [1.807, 2.05) is 23.7 Å². The van der Waals surface area contributed by atoms with E-state index >= 15 is 0 Å². The van der Waals surface area contributed by atoms with Gasteiger partial charge in [-0.15, -0.1) is 11.3 Å². The van der Waals surface area contributed by atoms with Crippen LogP contribution in [0.25, 0.3) is 104 Å². The number of hydrogen-bond acceptors (Lipinski definition) is 3. The van der Waals surface area contributed by atoms with Gasteiger partial charge in [0.2, 0.25) is 0 Å². The summed E-state index contributed by atoms with van der Waals surface area (Å²) in [6.07, 6.45) is 11.2. The fraction of sp³-hybridized carbons (Fsp3) is 0.107. The predicted molar refractivity (Wildman–Crippen MR) is 251 cm³/mol. The lowest BCUT2D eigenvalue weighted by Gasteiger charge is -2.26. The first-order valence-electron chi connectivity index (χ1n) is 20.8. The second kappa shape index (κ2) is 13.2. The summed E-state index contributed by atoms with van der Waals surface area (Å²) < 4.78 is 2.70. The van der Waals surface area contributed by atoms with Gasteiger partial charge in [-0.25, -0.2) is 0 Å². The van der Waals surface area contributed by atoms with E-state index in [0.717, 1.165) is 30.3 Å². The Morgan fingerprint density at radius 1 is 0.525 bits per heavy atom. The van der Waals surface area contributed by atoms with Crippen LogP contribution in [0.1, 0.15) is 48.9 Å². The lowest BCUT2D eigenvalue weighted by Crippen LogP contribution is -2.19. The Labute approximate surface area is 348 Å². The van der Waals surface area contributed by atoms with Gasteiger partial charge in [0.05, 0.1) is 11.0 Å². The van der Waals surface area contributed by atoms with E-state index in [1.54, 1.807) is 0 Å². The minimum atomic E-state index is -0.0974. The van der Waals surface area contributed by atoms with Crippen LogP contribution in [-0.2, 0) is 11.8 Å². The average molecular weight is 773 g/mol. The van der Waals surface area contributed by atoms with E-state index < -0.39 is 0 Å². The van der Waals surface area contributed by atoms with Gasteiger partial charge in [0.25, 0.3) is 0 Å². The Hall–Kier alpha value is -6.68. The second-order valence-electron chi connectivity index (χ2n) is 16.5. The monoisotopic (exact) mass is 772 g/mol. The summed E-state index contributed by atoms with van der Waals surface area (Å²) in [4.78, 5) is 9.64. The quantitative estimate of drug-likeness (QED) is 0.163. The van der Waals surface area contributed by atoms with Crippen molar-refractivity contribution in [2.45, 2.75) is 38.5 Å². The molecule has 0 N–H and O–H groups in total. The van der Waals surface area contributed by atoms with E-state index in [2.05, 4.69) is 172 Å². The molecule has 10 aromatic rings. The smallest absolute Gasteiger partial charge is 0.0971 e. The second-order valence-corrected chi connectivity index (χ2v) is 17.5. The number of hydrogen-bond donors (Lipinski definition) is 0. The molecular weight excluding hydrogens is 733 g/mol. The number of benzene rings is 8. The molecule has 3 heteroatoms. The van der Waals surface area contributed by atoms with Crippen molar-refractivity contribution >= 4 is 59.4 Å². The number of allylic oxidation sites excluding steroid dienone is 1. The van der Waals surface area contributed by atoms with Crippen molar-refractivity contribution in [3.05, 3.63) is 186 Å². The highest BCUT2D eigenvalue weighted by molar-refractivity contribution is 7.26. The zero-order valence-electron chi connectivity index (χ0n) is 33.1. The molecule has 0 saturated heterocycles. The van der Waals surface area contributed by atoms with E-state index in [9.17, 15) is 0 Å². The zero-order chi connectivity index (χ0) is 39.2. The minimum absolute atomic E-state index is 0.0974. The SMILES string of the molecule is CCC1(C)c2cc(-c3ccc(-c4cccc5c4sc4ccccc45)cc3)ccc2-c2ccc(-c3cccc(-c4ccc5c6c(c7nccnc7c5c4)C=CCC6)c3)cc21. The van der Waals surface area contributed by atoms with E-state index in [0.29, 0.717) is 0 Å². The van der Waals surface area contributed by atoms with Gasteiger partial charge < -0.3 is 0 Å². The summed E-state index contributed by atoms with van der Waals surface area (Å²) in [5.41, 5.74) is 20.0. The molecule has 2 heterocycles.